The summed E-state index contributed by atoms with van der Waals surface area (Å²) >= 11 is 5.99. The number of carboxylic acids is 1. The van der Waals surface area contributed by atoms with Crippen molar-refractivity contribution in [2.75, 3.05) is 19.8 Å². The monoisotopic (exact) mass is 379 g/mol. The summed E-state index contributed by atoms with van der Waals surface area (Å²) in [6.45, 7) is 1.36. The Hall–Kier alpha value is -1.59. The number of halogens is 1. The van der Waals surface area contributed by atoms with Crippen molar-refractivity contribution in [3.05, 3.63) is 34.9 Å². The van der Waals surface area contributed by atoms with Gasteiger partial charge in [0.2, 0.25) is 5.91 Å². The van der Waals surface area contributed by atoms with Gasteiger partial charge in [-0.25, -0.2) is 0 Å². The van der Waals surface area contributed by atoms with E-state index in [-0.39, 0.29) is 18.4 Å². The molecule has 1 aliphatic heterocycles. The third kappa shape index (κ3) is 4.04. The number of benzene rings is 1. The molecule has 1 aliphatic carbocycles. The Kier molecular flexibility index (Phi) is 6.20. The Bertz CT molecular complexity index is 634. The van der Waals surface area contributed by atoms with E-state index in [0.29, 0.717) is 18.2 Å². The van der Waals surface area contributed by atoms with Crippen LogP contribution in [0.1, 0.15) is 44.1 Å². The number of carboxylic acid groups (broad SMARTS) is 1. The number of amides is 1. The summed E-state index contributed by atoms with van der Waals surface area (Å²) in [5.74, 6) is -1.41. The third-order valence-electron chi connectivity index (χ3n) is 5.92. The van der Waals surface area contributed by atoms with Gasteiger partial charge in [-0.2, -0.15) is 0 Å². The summed E-state index contributed by atoms with van der Waals surface area (Å²) in [6.07, 6.45) is 5.03. The highest BCUT2D eigenvalue weighted by Gasteiger charge is 2.43. The Balaban J connectivity index is 1.71. The van der Waals surface area contributed by atoms with Crippen molar-refractivity contribution in [3.8, 4) is 0 Å². The number of ether oxygens (including phenoxy) is 1. The average Bonchev–Trinajstić information content (AvgIpc) is 3.14. The fraction of sp³-hybridized carbons (Fsp3) is 0.600. The minimum atomic E-state index is -0.843. The first-order chi connectivity index (χ1) is 12.5. The number of hydrogen-bond donors (Lipinski definition) is 2. The van der Waals surface area contributed by atoms with Crippen molar-refractivity contribution in [1.29, 1.82) is 0 Å². The maximum Gasteiger partial charge on any atom is 0.308 e. The summed E-state index contributed by atoms with van der Waals surface area (Å²) < 4.78 is 5.33. The van der Waals surface area contributed by atoms with Crippen molar-refractivity contribution >= 4 is 23.5 Å². The van der Waals surface area contributed by atoms with Crippen LogP contribution in [0.5, 0.6) is 0 Å². The van der Waals surface area contributed by atoms with Gasteiger partial charge in [-0.1, -0.05) is 36.6 Å². The molecule has 142 valence electrons. The zero-order chi connectivity index (χ0) is 18.6. The second-order valence-corrected chi connectivity index (χ2v) is 7.84. The predicted octanol–water partition coefficient (Wildman–Crippen LogP) is 3.40. The van der Waals surface area contributed by atoms with Gasteiger partial charge in [0.25, 0.3) is 0 Å². The standard InChI is InChI=1S/C20H26ClNO4/c21-16-5-3-15(4-6-16)20(9-1-2-10-20)19(25)22-13-17(18(23)24)14-7-11-26-12-8-14/h3-6,14,17H,1-2,7-13H2,(H,22,25)(H,23,24). The van der Waals surface area contributed by atoms with E-state index in [0.717, 1.165) is 44.1 Å². The van der Waals surface area contributed by atoms with E-state index >= 15 is 0 Å². The Morgan fingerprint density at radius 2 is 1.81 bits per heavy atom. The van der Waals surface area contributed by atoms with Gasteiger partial charge in [-0.05, 0) is 49.3 Å². The molecule has 0 radical (unpaired) electrons. The number of carbonyl (C=O) groups excluding carboxylic acids is 1. The van der Waals surface area contributed by atoms with Gasteiger partial charge < -0.3 is 15.2 Å². The van der Waals surface area contributed by atoms with Crippen molar-refractivity contribution in [1.82, 2.24) is 5.32 Å². The SMILES string of the molecule is O=C(O)C(CNC(=O)C1(c2ccc(Cl)cc2)CCCC1)C1CCOCC1. The lowest BCUT2D eigenvalue weighted by Crippen LogP contribution is -2.46. The van der Waals surface area contributed by atoms with Crippen LogP contribution < -0.4 is 5.32 Å². The van der Waals surface area contributed by atoms with E-state index in [1.165, 1.54) is 0 Å². The minimum absolute atomic E-state index is 0.0524. The van der Waals surface area contributed by atoms with Gasteiger partial charge in [0.05, 0.1) is 11.3 Å². The lowest BCUT2D eigenvalue weighted by atomic mass is 9.77. The molecule has 0 bridgehead atoms. The summed E-state index contributed by atoms with van der Waals surface area (Å²) in [7, 11) is 0. The van der Waals surface area contributed by atoms with Crippen LogP contribution in [-0.4, -0.2) is 36.7 Å². The zero-order valence-electron chi connectivity index (χ0n) is 14.9. The van der Waals surface area contributed by atoms with Crippen LogP contribution in [0.4, 0.5) is 0 Å². The molecule has 1 amide bonds. The molecule has 1 saturated heterocycles. The molecule has 2 N–H and O–H groups in total. The molecule has 1 unspecified atom stereocenters. The minimum Gasteiger partial charge on any atom is -0.481 e. The second-order valence-electron chi connectivity index (χ2n) is 7.40. The first-order valence-electron chi connectivity index (χ1n) is 9.38. The predicted molar refractivity (Wildman–Crippen MR) is 99.3 cm³/mol. The molecule has 1 aromatic rings. The highest BCUT2D eigenvalue weighted by Crippen LogP contribution is 2.41. The van der Waals surface area contributed by atoms with E-state index < -0.39 is 17.3 Å². The molecule has 2 aliphatic rings. The lowest BCUT2D eigenvalue weighted by molar-refractivity contribution is -0.145. The molecular formula is C20H26ClNO4. The normalized spacial score (nSPS) is 21.3. The number of nitrogens with one attached hydrogen (secondary N) is 1. The van der Waals surface area contributed by atoms with Crippen LogP contribution in [0, 0.1) is 11.8 Å². The van der Waals surface area contributed by atoms with Crippen molar-refractivity contribution in [2.24, 2.45) is 11.8 Å². The van der Waals surface area contributed by atoms with E-state index in [1.54, 1.807) is 0 Å². The largest absolute Gasteiger partial charge is 0.481 e. The summed E-state index contributed by atoms with van der Waals surface area (Å²) in [5.41, 5.74) is 0.401. The smallest absolute Gasteiger partial charge is 0.308 e. The first kappa shape index (κ1) is 19.2. The Morgan fingerprint density at radius 3 is 2.38 bits per heavy atom. The second kappa shape index (κ2) is 8.40. The van der Waals surface area contributed by atoms with Gasteiger partial charge in [0.15, 0.2) is 0 Å². The van der Waals surface area contributed by atoms with Crippen molar-refractivity contribution < 1.29 is 19.4 Å². The van der Waals surface area contributed by atoms with Gasteiger partial charge in [-0.15, -0.1) is 0 Å². The average molecular weight is 380 g/mol. The van der Waals surface area contributed by atoms with Crippen molar-refractivity contribution in [3.63, 3.8) is 0 Å². The molecule has 26 heavy (non-hydrogen) atoms. The number of rotatable bonds is 6. The number of aliphatic carboxylic acids is 1. The van der Waals surface area contributed by atoms with E-state index in [1.807, 2.05) is 24.3 Å². The fourth-order valence-electron chi connectivity index (χ4n) is 4.34. The summed E-state index contributed by atoms with van der Waals surface area (Å²) in [4.78, 5) is 24.8. The highest BCUT2D eigenvalue weighted by molar-refractivity contribution is 6.30. The molecule has 1 aromatic carbocycles. The van der Waals surface area contributed by atoms with Gasteiger partial charge >= 0.3 is 5.97 Å². The quantitative estimate of drug-likeness (QED) is 0.794. The van der Waals surface area contributed by atoms with Gasteiger partial charge in [0, 0.05) is 24.8 Å². The van der Waals surface area contributed by atoms with Gasteiger partial charge in [0.1, 0.15) is 0 Å². The topological polar surface area (TPSA) is 75.6 Å². The van der Waals surface area contributed by atoms with Gasteiger partial charge in [-0.3, -0.25) is 9.59 Å². The molecule has 3 rings (SSSR count). The lowest BCUT2D eigenvalue weighted by Gasteiger charge is -2.31. The molecule has 1 atom stereocenters. The zero-order valence-corrected chi connectivity index (χ0v) is 15.6. The molecule has 0 aromatic heterocycles. The van der Waals surface area contributed by atoms with Crippen LogP contribution >= 0.6 is 11.6 Å². The van der Waals surface area contributed by atoms with Crippen molar-refractivity contribution in [2.45, 2.75) is 43.9 Å². The first-order valence-corrected chi connectivity index (χ1v) is 9.75. The van der Waals surface area contributed by atoms with E-state index in [9.17, 15) is 14.7 Å². The Morgan fingerprint density at radius 1 is 1.19 bits per heavy atom. The molecule has 2 fully saturated rings. The molecule has 5 nitrogen and oxygen atoms in total. The molecule has 1 heterocycles. The fourth-order valence-corrected chi connectivity index (χ4v) is 4.47. The maximum atomic E-state index is 13.1. The Labute approximate surface area is 159 Å². The number of carbonyl (C=O) groups is 2. The molecule has 6 heteroatoms. The molecule has 0 spiro atoms. The van der Waals surface area contributed by atoms with Crippen LogP contribution in [0.3, 0.4) is 0 Å². The van der Waals surface area contributed by atoms with Crippen LogP contribution in [0.15, 0.2) is 24.3 Å². The summed E-state index contributed by atoms with van der Waals surface area (Å²) in [5, 5.41) is 13.2. The maximum absolute atomic E-state index is 13.1. The summed E-state index contributed by atoms with van der Waals surface area (Å²) in [6, 6.07) is 7.46. The highest BCUT2D eigenvalue weighted by atomic mass is 35.5. The third-order valence-corrected chi connectivity index (χ3v) is 6.18. The van der Waals surface area contributed by atoms with Crippen LogP contribution in [-0.2, 0) is 19.7 Å². The van der Waals surface area contributed by atoms with Crippen LogP contribution in [0.2, 0.25) is 5.02 Å². The molecule has 1 saturated carbocycles. The van der Waals surface area contributed by atoms with E-state index in [4.69, 9.17) is 16.3 Å². The molecular weight excluding hydrogens is 354 g/mol. The number of hydrogen-bond acceptors (Lipinski definition) is 3. The van der Waals surface area contributed by atoms with Crippen LogP contribution in [0.25, 0.3) is 0 Å². The van der Waals surface area contributed by atoms with E-state index in [2.05, 4.69) is 5.32 Å².